The fourth-order valence-electron chi connectivity index (χ4n) is 3.85. The van der Waals surface area contributed by atoms with E-state index in [-0.39, 0.29) is 17.9 Å². The van der Waals surface area contributed by atoms with Crippen molar-refractivity contribution >= 4 is 27.7 Å². The van der Waals surface area contributed by atoms with E-state index in [0.29, 0.717) is 19.4 Å². The molecule has 1 atom stereocenters. The lowest BCUT2D eigenvalue weighted by Gasteiger charge is -2.30. The van der Waals surface area contributed by atoms with Crippen molar-refractivity contribution in [1.29, 1.82) is 0 Å². The highest BCUT2D eigenvalue weighted by atomic mass is 79.9. The summed E-state index contributed by atoms with van der Waals surface area (Å²) >= 11 is 3.49. The minimum Gasteiger partial charge on any atom is -0.352 e. The van der Waals surface area contributed by atoms with Crippen molar-refractivity contribution in [2.24, 2.45) is 0 Å². The minimum atomic E-state index is -0.502. The Bertz CT molecular complexity index is 819. The first-order valence-corrected chi connectivity index (χ1v) is 11.2. The number of nitrogens with one attached hydrogen (secondary N) is 1. The Kier molecular flexibility index (Phi) is 7.87. The molecule has 0 unspecified atom stereocenters. The molecule has 2 aromatic carbocycles. The Labute approximate surface area is 181 Å². The van der Waals surface area contributed by atoms with Crippen molar-refractivity contribution in [2.75, 3.05) is 0 Å². The van der Waals surface area contributed by atoms with E-state index in [1.54, 1.807) is 4.90 Å². The summed E-state index contributed by atoms with van der Waals surface area (Å²) in [6.45, 7) is 2.26. The first-order valence-electron chi connectivity index (χ1n) is 10.4. The molecule has 0 saturated heterocycles. The van der Waals surface area contributed by atoms with E-state index in [4.69, 9.17) is 0 Å². The number of halogens is 1. The van der Waals surface area contributed by atoms with Crippen molar-refractivity contribution < 1.29 is 9.59 Å². The molecule has 0 heterocycles. The zero-order chi connectivity index (χ0) is 20.6. The molecule has 1 aliphatic rings. The van der Waals surface area contributed by atoms with Crippen LogP contribution in [-0.2, 0) is 22.6 Å². The highest BCUT2D eigenvalue weighted by Gasteiger charge is 2.28. The molecule has 0 bridgehead atoms. The van der Waals surface area contributed by atoms with Crippen LogP contribution in [0.4, 0.5) is 0 Å². The molecule has 5 heteroatoms. The van der Waals surface area contributed by atoms with Gasteiger partial charge in [-0.2, -0.15) is 0 Å². The van der Waals surface area contributed by atoms with E-state index in [9.17, 15) is 9.59 Å². The first kappa shape index (κ1) is 21.6. The fourth-order valence-corrected chi connectivity index (χ4v) is 4.29. The van der Waals surface area contributed by atoms with Gasteiger partial charge in [-0.3, -0.25) is 9.59 Å². The van der Waals surface area contributed by atoms with E-state index in [2.05, 4.69) is 21.2 Å². The summed E-state index contributed by atoms with van der Waals surface area (Å²) < 4.78 is 0.967. The Morgan fingerprint density at radius 1 is 1.07 bits per heavy atom. The van der Waals surface area contributed by atoms with Crippen LogP contribution in [0.25, 0.3) is 0 Å². The van der Waals surface area contributed by atoms with E-state index in [1.807, 2.05) is 61.5 Å². The normalized spacial score (nSPS) is 15.1. The zero-order valence-electron chi connectivity index (χ0n) is 16.9. The monoisotopic (exact) mass is 456 g/mol. The van der Waals surface area contributed by atoms with Crippen LogP contribution in [0.2, 0.25) is 0 Å². The molecule has 0 aliphatic heterocycles. The van der Waals surface area contributed by atoms with Crippen LogP contribution < -0.4 is 5.32 Å². The largest absolute Gasteiger partial charge is 0.352 e. The second kappa shape index (κ2) is 10.6. The lowest BCUT2D eigenvalue weighted by molar-refractivity contribution is -0.140. The lowest BCUT2D eigenvalue weighted by Crippen LogP contribution is -2.49. The summed E-state index contributed by atoms with van der Waals surface area (Å²) in [6.07, 6.45) is 5.46. The van der Waals surface area contributed by atoms with Gasteiger partial charge in [-0.05, 0) is 49.4 Å². The summed E-state index contributed by atoms with van der Waals surface area (Å²) in [6, 6.07) is 17.6. The van der Waals surface area contributed by atoms with Crippen LogP contribution in [0.3, 0.4) is 0 Å². The van der Waals surface area contributed by atoms with Crippen LogP contribution >= 0.6 is 15.9 Å². The third kappa shape index (κ3) is 6.43. The van der Waals surface area contributed by atoms with E-state index in [0.717, 1.165) is 41.3 Å². The topological polar surface area (TPSA) is 49.4 Å². The molecule has 154 valence electrons. The maximum absolute atomic E-state index is 13.1. The Morgan fingerprint density at radius 2 is 1.76 bits per heavy atom. The molecule has 0 aromatic heterocycles. The third-order valence-electron chi connectivity index (χ3n) is 5.58. The number of hydrogen-bond acceptors (Lipinski definition) is 2. The third-order valence-corrected chi connectivity index (χ3v) is 6.07. The number of rotatable bonds is 8. The molecular weight excluding hydrogens is 428 g/mol. The summed E-state index contributed by atoms with van der Waals surface area (Å²) in [5.41, 5.74) is 2.14. The molecule has 4 nitrogen and oxygen atoms in total. The summed E-state index contributed by atoms with van der Waals surface area (Å²) in [5, 5.41) is 3.14. The second-order valence-electron chi connectivity index (χ2n) is 7.80. The number of benzene rings is 2. The SMILES string of the molecule is C[C@H](C(=O)NC1CCCC1)N(Cc1cccc(Br)c1)C(=O)CCc1ccccc1. The maximum Gasteiger partial charge on any atom is 0.242 e. The standard InChI is InChI=1S/C24H29BrN2O2/c1-18(24(29)26-22-12-5-6-13-22)27(17-20-10-7-11-21(25)16-20)23(28)15-14-19-8-3-2-4-9-19/h2-4,7-11,16,18,22H,5-6,12-15,17H2,1H3,(H,26,29)/t18-/m1/s1. The summed E-state index contributed by atoms with van der Waals surface area (Å²) in [5.74, 6) is -0.0529. The van der Waals surface area contributed by atoms with Gasteiger partial charge in [0.1, 0.15) is 6.04 Å². The minimum absolute atomic E-state index is 0.00269. The average molecular weight is 457 g/mol. The number of carbonyl (C=O) groups is 2. The van der Waals surface area contributed by atoms with Crippen molar-refractivity contribution in [2.45, 2.75) is 64.1 Å². The van der Waals surface area contributed by atoms with Crippen LogP contribution in [0, 0.1) is 0 Å². The molecule has 1 fully saturated rings. The highest BCUT2D eigenvalue weighted by molar-refractivity contribution is 9.10. The van der Waals surface area contributed by atoms with Crippen LogP contribution in [-0.4, -0.2) is 28.8 Å². The van der Waals surface area contributed by atoms with Gasteiger partial charge in [0.25, 0.3) is 0 Å². The Hall–Kier alpha value is -2.14. The van der Waals surface area contributed by atoms with E-state index in [1.165, 1.54) is 0 Å². The van der Waals surface area contributed by atoms with E-state index < -0.39 is 6.04 Å². The number of aryl methyl sites for hydroxylation is 1. The molecule has 1 saturated carbocycles. The molecule has 3 rings (SSSR count). The molecule has 1 N–H and O–H groups in total. The fraction of sp³-hybridized carbons (Fsp3) is 0.417. The predicted molar refractivity (Wildman–Crippen MR) is 119 cm³/mol. The van der Waals surface area contributed by atoms with Crippen molar-refractivity contribution in [3.8, 4) is 0 Å². The maximum atomic E-state index is 13.1. The van der Waals surface area contributed by atoms with E-state index >= 15 is 0 Å². The molecule has 2 aromatic rings. The molecular formula is C24H29BrN2O2. The number of amides is 2. The van der Waals surface area contributed by atoms with Gasteiger partial charge in [0.15, 0.2) is 0 Å². The van der Waals surface area contributed by atoms with Gasteiger partial charge in [0.05, 0.1) is 0 Å². The number of nitrogens with zero attached hydrogens (tertiary/aromatic N) is 1. The number of hydrogen-bond donors (Lipinski definition) is 1. The molecule has 0 spiro atoms. The number of carbonyl (C=O) groups excluding carboxylic acids is 2. The smallest absolute Gasteiger partial charge is 0.242 e. The van der Waals surface area contributed by atoms with Gasteiger partial charge < -0.3 is 10.2 Å². The first-order chi connectivity index (χ1) is 14.0. The molecule has 1 aliphatic carbocycles. The quantitative estimate of drug-likeness (QED) is 0.616. The average Bonchev–Trinajstić information content (AvgIpc) is 3.23. The van der Waals surface area contributed by atoms with Crippen LogP contribution in [0.15, 0.2) is 59.1 Å². The highest BCUT2D eigenvalue weighted by Crippen LogP contribution is 2.20. The summed E-state index contributed by atoms with van der Waals surface area (Å²) in [4.78, 5) is 27.7. The zero-order valence-corrected chi connectivity index (χ0v) is 18.5. The Balaban J connectivity index is 1.70. The van der Waals surface area contributed by atoms with Gasteiger partial charge in [-0.15, -0.1) is 0 Å². The van der Waals surface area contributed by atoms with Gasteiger partial charge in [-0.1, -0.05) is 71.2 Å². The van der Waals surface area contributed by atoms with Gasteiger partial charge in [0.2, 0.25) is 11.8 Å². The van der Waals surface area contributed by atoms with Crippen LogP contribution in [0.5, 0.6) is 0 Å². The predicted octanol–water partition coefficient (Wildman–Crippen LogP) is 4.86. The second-order valence-corrected chi connectivity index (χ2v) is 8.72. The van der Waals surface area contributed by atoms with Crippen molar-refractivity contribution in [3.05, 3.63) is 70.2 Å². The molecule has 29 heavy (non-hydrogen) atoms. The van der Waals surface area contributed by atoms with Gasteiger partial charge >= 0.3 is 0 Å². The van der Waals surface area contributed by atoms with Crippen LogP contribution in [0.1, 0.15) is 50.2 Å². The van der Waals surface area contributed by atoms with Crippen molar-refractivity contribution in [1.82, 2.24) is 10.2 Å². The molecule has 0 radical (unpaired) electrons. The van der Waals surface area contributed by atoms with Gasteiger partial charge in [-0.25, -0.2) is 0 Å². The lowest BCUT2D eigenvalue weighted by atomic mass is 10.1. The summed E-state index contributed by atoms with van der Waals surface area (Å²) in [7, 11) is 0. The Morgan fingerprint density at radius 3 is 2.45 bits per heavy atom. The molecule has 2 amide bonds. The van der Waals surface area contributed by atoms with Crippen molar-refractivity contribution in [3.63, 3.8) is 0 Å². The van der Waals surface area contributed by atoms with Gasteiger partial charge in [0, 0.05) is 23.5 Å².